The molecule has 0 aliphatic carbocycles. The van der Waals surface area contributed by atoms with E-state index in [0.717, 1.165) is 11.1 Å². The number of carbonyl (C=O) groups excluding carboxylic acids is 1. The van der Waals surface area contributed by atoms with Crippen LogP contribution in [0.4, 0.5) is 4.39 Å². The molecule has 0 fully saturated rings. The van der Waals surface area contributed by atoms with Gasteiger partial charge in [-0.3, -0.25) is 4.79 Å². The average molecular weight is 187 g/mol. The van der Waals surface area contributed by atoms with E-state index in [1.165, 1.54) is 12.1 Å². The first kappa shape index (κ1) is 9.20. The Kier molecular flexibility index (Phi) is 2.48. The Morgan fingerprint density at radius 2 is 1.83 bits per heavy atom. The summed E-state index contributed by atoms with van der Waals surface area (Å²) in [6.07, 6.45) is 0. The fourth-order valence-corrected chi connectivity index (χ4v) is 1.08. The molecular formula is C9H8ClFO. The number of aryl methyl sites for hydroxylation is 2. The van der Waals surface area contributed by atoms with Crippen LogP contribution in [0.15, 0.2) is 12.1 Å². The normalized spacial score (nSPS) is 10.0. The Labute approximate surface area is 75.2 Å². The third kappa shape index (κ3) is 1.64. The maximum atomic E-state index is 13.0. The van der Waals surface area contributed by atoms with E-state index in [4.69, 9.17) is 11.6 Å². The van der Waals surface area contributed by atoms with E-state index in [-0.39, 0.29) is 5.56 Å². The molecule has 0 aliphatic heterocycles. The molecule has 3 heteroatoms. The number of hydrogen-bond acceptors (Lipinski definition) is 1. The van der Waals surface area contributed by atoms with Crippen molar-refractivity contribution in [3.63, 3.8) is 0 Å². The molecular weight excluding hydrogens is 179 g/mol. The SMILES string of the molecule is Cc1cc(F)c(C(=O)Cl)cc1C. The Hall–Kier alpha value is -0.890. The smallest absolute Gasteiger partial charge is 0.255 e. The first-order chi connectivity index (χ1) is 5.52. The van der Waals surface area contributed by atoms with Crippen LogP contribution < -0.4 is 0 Å². The van der Waals surface area contributed by atoms with E-state index >= 15 is 0 Å². The molecule has 64 valence electrons. The van der Waals surface area contributed by atoms with Crippen molar-refractivity contribution >= 4 is 16.8 Å². The van der Waals surface area contributed by atoms with Gasteiger partial charge in [0.05, 0.1) is 5.56 Å². The average Bonchev–Trinajstić information content (AvgIpc) is 1.96. The van der Waals surface area contributed by atoms with Gasteiger partial charge in [-0.2, -0.15) is 0 Å². The topological polar surface area (TPSA) is 17.1 Å². The molecule has 0 spiro atoms. The lowest BCUT2D eigenvalue weighted by atomic mass is 10.1. The summed E-state index contributed by atoms with van der Waals surface area (Å²) in [6.45, 7) is 3.58. The van der Waals surface area contributed by atoms with Crippen LogP contribution in [0.25, 0.3) is 0 Å². The van der Waals surface area contributed by atoms with E-state index in [0.29, 0.717) is 0 Å². The molecule has 1 nitrogen and oxygen atoms in total. The quantitative estimate of drug-likeness (QED) is 0.617. The van der Waals surface area contributed by atoms with Gasteiger partial charge in [0.15, 0.2) is 0 Å². The fraction of sp³-hybridized carbons (Fsp3) is 0.222. The summed E-state index contributed by atoms with van der Waals surface area (Å²) < 4.78 is 13.0. The van der Waals surface area contributed by atoms with Crippen molar-refractivity contribution in [2.24, 2.45) is 0 Å². The Morgan fingerprint density at radius 3 is 2.33 bits per heavy atom. The zero-order valence-electron chi connectivity index (χ0n) is 6.82. The molecule has 0 atom stereocenters. The summed E-state index contributed by atoms with van der Waals surface area (Å²) in [5.74, 6) is -0.557. The first-order valence-corrected chi connectivity index (χ1v) is 3.86. The molecule has 0 aliphatic rings. The standard InChI is InChI=1S/C9H8ClFO/c1-5-3-7(9(10)12)8(11)4-6(5)2/h3-4H,1-2H3. The minimum atomic E-state index is -0.754. The predicted octanol–water partition coefficient (Wildman–Crippen LogP) is 2.82. The molecule has 0 saturated carbocycles. The molecule has 0 saturated heterocycles. The maximum absolute atomic E-state index is 13.0. The summed E-state index contributed by atoms with van der Waals surface area (Å²) in [5.41, 5.74) is 1.62. The van der Waals surface area contributed by atoms with Crippen molar-refractivity contribution < 1.29 is 9.18 Å². The van der Waals surface area contributed by atoms with Crippen molar-refractivity contribution in [2.75, 3.05) is 0 Å². The number of hydrogen-bond donors (Lipinski definition) is 0. The van der Waals surface area contributed by atoms with E-state index < -0.39 is 11.1 Å². The molecule has 1 rings (SSSR count). The van der Waals surface area contributed by atoms with Crippen LogP contribution in [-0.2, 0) is 0 Å². The van der Waals surface area contributed by atoms with Crippen LogP contribution in [-0.4, -0.2) is 5.24 Å². The lowest BCUT2D eigenvalue weighted by molar-refractivity contribution is 0.107. The summed E-state index contributed by atoms with van der Waals surface area (Å²) in [5, 5.41) is -0.754. The van der Waals surface area contributed by atoms with E-state index in [2.05, 4.69) is 0 Å². The van der Waals surface area contributed by atoms with Crippen molar-refractivity contribution in [3.05, 3.63) is 34.6 Å². The molecule has 0 unspecified atom stereocenters. The van der Waals surface area contributed by atoms with Crippen molar-refractivity contribution in [2.45, 2.75) is 13.8 Å². The molecule has 0 heterocycles. The Bertz CT molecular complexity index is 334. The van der Waals surface area contributed by atoms with Crippen molar-refractivity contribution in [3.8, 4) is 0 Å². The van der Waals surface area contributed by atoms with Gasteiger partial charge in [-0.15, -0.1) is 0 Å². The third-order valence-electron chi connectivity index (χ3n) is 1.80. The largest absolute Gasteiger partial charge is 0.275 e. The highest BCUT2D eigenvalue weighted by Gasteiger charge is 2.10. The molecule has 0 radical (unpaired) electrons. The zero-order valence-corrected chi connectivity index (χ0v) is 7.57. The van der Waals surface area contributed by atoms with E-state index in [1.54, 1.807) is 13.8 Å². The highest BCUT2D eigenvalue weighted by molar-refractivity contribution is 6.67. The molecule has 0 bridgehead atoms. The van der Waals surface area contributed by atoms with E-state index in [9.17, 15) is 9.18 Å². The Morgan fingerprint density at radius 1 is 1.33 bits per heavy atom. The van der Waals surface area contributed by atoms with E-state index in [1.807, 2.05) is 0 Å². The summed E-state index contributed by atoms with van der Waals surface area (Å²) in [4.78, 5) is 10.7. The second kappa shape index (κ2) is 3.23. The summed E-state index contributed by atoms with van der Waals surface area (Å²) in [6, 6.07) is 2.77. The van der Waals surface area contributed by atoms with Gasteiger partial charge in [0.25, 0.3) is 5.24 Å². The second-order valence-electron chi connectivity index (χ2n) is 2.69. The molecule has 0 aromatic heterocycles. The number of carbonyl (C=O) groups is 1. The van der Waals surface area contributed by atoms with Gasteiger partial charge in [-0.25, -0.2) is 4.39 Å². The third-order valence-corrected chi connectivity index (χ3v) is 2.00. The van der Waals surface area contributed by atoms with Crippen LogP contribution in [0.1, 0.15) is 21.5 Å². The van der Waals surface area contributed by atoms with Gasteiger partial charge < -0.3 is 0 Å². The van der Waals surface area contributed by atoms with Gasteiger partial charge in [0.2, 0.25) is 0 Å². The van der Waals surface area contributed by atoms with Crippen LogP contribution in [0.5, 0.6) is 0 Å². The van der Waals surface area contributed by atoms with Gasteiger partial charge in [-0.1, -0.05) is 0 Å². The van der Waals surface area contributed by atoms with Gasteiger partial charge in [0.1, 0.15) is 5.82 Å². The lowest BCUT2D eigenvalue weighted by Gasteiger charge is -2.02. The molecule has 1 aromatic rings. The van der Waals surface area contributed by atoms with Crippen LogP contribution >= 0.6 is 11.6 Å². The number of benzene rings is 1. The van der Waals surface area contributed by atoms with Crippen LogP contribution in [0.2, 0.25) is 0 Å². The number of halogens is 2. The van der Waals surface area contributed by atoms with Crippen molar-refractivity contribution in [1.29, 1.82) is 0 Å². The summed E-state index contributed by atoms with van der Waals surface area (Å²) in [7, 11) is 0. The molecule has 0 amide bonds. The van der Waals surface area contributed by atoms with Gasteiger partial charge >= 0.3 is 0 Å². The number of rotatable bonds is 1. The minimum Gasteiger partial charge on any atom is -0.275 e. The maximum Gasteiger partial charge on any atom is 0.255 e. The van der Waals surface area contributed by atoms with Gasteiger partial charge in [0, 0.05) is 0 Å². The highest BCUT2D eigenvalue weighted by Crippen LogP contribution is 2.16. The van der Waals surface area contributed by atoms with Gasteiger partial charge in [-0.05, 0) is 48.7 Å². The lowest BCUT2D eigenvalue weighted by Crippen LogP contribution is -1.96. The highest BCUT2D eigenvalue weighted by atomic mass is 35.5. The molecule has 12 heavy (non-hydrogen) atoms. The molecule has 0 N–H and O–H groups in total. The zero-order chi connectivity index (χ0) is 9.30. The van der Waals surface area contributed by atoms with Crippen molar-refractivity contribution in [1.82, 2.24) is 0 Å². The summed E-state index contributed by atoms with van der Waals surface area (Å²) >= 11 is 5.15. The monoisotopic (exact) mass is 186 g/mol. The fourth-order valence-electron chi connectivity index (χ4n) is 0.932. The first-order valence-electron chi connectivity index (χ1n) is 3.49. The minimum absolute atomic E-state index is 0.0558. The van der Waals surface area contributed by atoms with Crippen LogP contribution in [0, 0.1) is 19.7 Å². The second-order valence-corrected chi connectivity index (χ2v) is 3.03. The molecule has 1 aromatic carbocycles. The van der Waals surface area contributed by atoms with Crippen LogP contribution in [0.3, 0.4) is 0 Å². The predicted molar refractivity (Wildman–Crippen MR) is 46.1 cm³/mol. The Balaban J connectivity index is 3.33.